The van der Waals surface area contributed by atoms with Gasteiger partial charge in [-0.05, 0) is 41.2 Å². The van der Waals surface area contributed by atoms with Crippen molar-refractivity contribution < 1.29 is 9.90 Å². The van der Waals surface area contributed by atoms with Crippen LogP contribution in [-0.4, -0.2) is 71.7 Å². The Hall–Kier alpha value is -0.650. The smallest absolute Gasteiger partial charge is 0.323 e. The van der Waals surface area contributed by atoms with Gasteiger partial charge in [-0.15, -0.1) is 0 Å². The summed E-state index contributed by atoms with van der Waals surface area (Å²) in [5.41, 5.74) is -0.589. The number of carboxylic acids is 1. The van der Waals surface area contributed by atoms with E-state index in [1.54, 1.807) is 14.0 Å². The molecule has 1 heterocycles. The second kappa shape index (κ2) is 6.20. The number of carbonyl (C=O) groups is 1. The van der Waals surface area contributed by atoms with Gasteiger partial charge in [0.2, 0.25) is 0 Å². The van der Waals surface area contributed by atoms with Gasteiger partial charge in [0.25, 0.3) is 0 Å². The van der Waals surface area contributed by atoms with Crippen LogP contribution in [0.15, 0.2) is 0 Å². The molecule has 0 aromatic heterocycles. The molecule has 1 aliphatic rings. The fourth-order valence-electron chi connectivity index (χ4n) is 2.36. The van der Waals surface area contributed by atoms with Crippen molar-refractivity contribution in [2.75, 3.05) is 39.8 Å². The van der Waals surface area contributed by atoms with Gasteiger partial charge in [-0.25, -0.2) is 0 Å². The molecule has 0 aromatic carbocycles. The molecule has 0 amide bonds. The van der Waals surface area contributed by atoms with E-state index in [1.165, 1.54) is 0 Å². The van der Waals surface area contributed by atoms with Crippen molar-refractivity contribution in [3.8, 4) is 0 Å². The summed E-state index contributed by atoms with van der Waals surface area (Å²) in [7, 11) is 1.71. The van der Waals surface area contributed by atoms with Gasteiger partial charge in [-0.3, -0.25) is 9.69 Å². The number of hydrogen-bond donors (Lipinski definition) is 2. The SMILES string of the molecule is CNC(C)(CCN1CCN(C(C)(C)C)CC1)C(=O)O. The first kappa shape index (κ1) is 16.4. The van der Waals surface area contributed by atoms with Crippen molar-refractivity contribution in [3.05, 3.63) is 0 Å². The normalized spacial score (nSPS) is 22.2. The molecule has 0 saturated carbocycles. The third kappa shape index (κ3) is 4.44. The molecule has 19 heavy (non-hydrogen) atoms. The van der Waals surface area contributed by atoms with Crippen molar-refractivity contribution in [1.82, 2.24) is 15.1 Å². The van der Waals surface area contributed by atoms with Crippen molar-refractivity contribution in [2.45, 2.75) is 45.2 Å². The summed E-state index contributed by atoms with van der Waals surface area (Å²) in [6.45, 7) is 13.5. The van der Waals surface area contributed by atoms with Crippen LogP contribution in [0.2, 0.25) is 0 Å². The molecule has 1 aliphatic heterocycles. The summed E-state index contributed by atoms with van der Waals surface area (Å²) in [5.74, 6) is -0.775. The molecule has 5 heteroatoms. The highest BCUT2D eigenvalue weighted by Crippen LogP contribution is 2.17. The number of hydrogen-bond acceptors (Lipinski definition) is 4. The summed E-state index contributed by atoms with van der Waals surface area (Å²) < 4.78 is 0. The lowest BCUT2D eigenvalue weighted by atomic mass is 9.97. The topological polar surface area (TPSA) is 55.8 Å². The molecule has 5 nitrogen and oxygen atoms in total. The Balaban J connectivity index is 2.40. The zero-order valence-corrected chi connectivity index (χ0v) is 13.0. The zero-order valence-electron chi connectivity index (χ0n) is 13.0. The minimum atomic E-state index is -0.818. The molecule has 1 atom stereocenters. The highest BCUT2D eigenvalue weighted by molar-refractivity contribution is 5.78. The highest BCUT2D eigenvalue weighted by atomic mass is 16.4. The number of likely N-dealkylation sites (N-methyl/N-ethyl adjacent to an activating group) is 1. The molecule has 0 aromatic rings. The third-order valence-electron chi connectivity index (χ3n) is 4.27. The maximum Gasteiger partial charge on any atom is 0.323 e. The van der Waals surface area contributed by atoms with E-state index >= 15 is 0 Å². The molecule has 1 rings (SSSR count). The van der Waals surface area contributed by atoms with Crippen molar-refractivity contribution in [2.24, 2.45) is 0 Å². The summed E-state index contributed by atoms with van der Waals surface area (Å²) in [4.78, 5) is 16.1. The molecule has 1 unspecified atom stereocenters. The number of nitrogens with one attached hydrogen (secondary N) is 1. The van der Waals surface area contributed by atoms with E-state index in [0.717, 1.165) is 32.7 Å². The average molecular weight is 271 g/mol. The minimum absolute atomic E-state index is 0.229. The van der Waals surface area contributed by atoms with Gasteiger partial charge in [0, 0.05) is 38.3 Å². The van der Waals surface area contributed by atoms with Crippen LogP contribution in [0, 0.1) is 0 Å². The van der Waals surface area contributed by atoms with Crippen LogP contribution in [0.3, 0.4) is 0 Å². The Bertz CT molecular complexity index is 306. The van der Waals surface area contributed by atoms with E-state index < -0.39 is 11.5 Å². The molecular weight excluding hydrogens is 242 g/mol. The van der Waals surface area contributed by atoms with Crippen molar-refractivity contribution >= 4 is 5.97 Å². The molecule has 0 radical (unpaired) electrons. The van der Waals surface area contributed by atoms with E-state index in [1.807, 2.05) is 0 Å². The lowest BCUT2D eigenvalue weighted by molar-refractivity contribution is -0.144. The predicted octanol–water partition coefficient (Wildman–Crippen LogP) is 0.855. The number of aliphatic carboxylic acids is 1. The Morgan fingerprint density at radius 1 is 1.16 bits per heavy atom. The van der Waals surface area contributed by atoms with Crippen LogP contribution < -0.4 is 5.32 Å². The molecule has 1 saturated heterocycles. The van der Waals surface area contributed by atoms with Gasteiger partial charge >= 0.3 is 5.97 Å². The van der Waals surface area contributed by atoms with Crippen molar-refractivity contribution in [3.63, 3.8) is 0 Å². The summed E-state index contributed by atoms with van der Waals surface area (Å²) >= 11 is 0. The van der Waals surface area contributed by atoms with Crippen LogP contribution in [-0.2, 0) is 4.79 Å². The first-order chi connectivity index (χ1) is 8.69. The van der Waals surface area contributed by atoms with E-state index in [4.69, 9.17) is 0 Å². The lowest BCUT2D eigenvalue weighted by Gasteiger charge is -2.42. The van der Waals surface area contributed by atoms with Crippen LogP contribution in [0.4, 0.5) is 0 Å². The number of rotatable bonds is 5. The first-order valence-electron chi connectivity index (χ1n) is 7.09. The summed E-state index contributed by atoms with van der Waals surface area (Å²) in [6, 6.07) is 0. The quantitative estimate of drug-likeness (QED) is 0.776. The van der Waals surface area contributed by atoms with Crippen LogP contribution >= 0.6 is 0 Å². The molecule has 2 N–H and O–H groups in total. The molecule has 1 fully saturated rings. The fourth-order valence-corrected chi connectivity index (χ4v) is 2.36. The van der Waals surface area contributed by atoms with Gasteiger partial charge in [0.15, 0.2) is 0 Å². The predicted molar refractivity (Wildman–Crippen MR) is 77.5 cm³/mol. The van der Waals surface area contributed by atoms with Gasteiger partial charge < -0.3 is 15.3 Å². The monoisotopic (exact) mass is 271 g/mol. The first-order valence-corrected chi connectivity index (χ1v) is 7.09. The number of carboxylic acid groups (broad SMARTS) is 1. The maximum atomic E-state index is 11.2. The second-order valence-corrected chi connectivity index (χ2v) is 6.64. The summed E-state index contributed by atoms with van der Waals surface area (Å²) in [5, 5.41) is 12.1. The van der Waals surface area contributed by atoms with Gasteiger partial charge in [0.1, 0.15) is 5.54 Å². The second-order valence-electron chi connectivity index (χ2n) is 6.64. The third-order valence-corrected chi connectivity index (χ3v) is 4.27. The molecule has 112 valence electrons. The van der Waals surface area contributed by atoms with Crippen LogP contribution in [0.1, 0.15) is 34.1 Å². The zero-order chi connectivity index (χ0) is 14.7. The number of nitrogens with zero attached hydrogens (tertiary/aromatic N) is 2. The van der Waals surface area contributed by atoms with E-state index in [-0.39, 0.29) is 5.54 Å². The molecule has 0 aliphatic carbocycles. The van der Waals surface area contributed by atoms with E-state index in [0.29, 0.717) is 6.42 Å². The Morgan fingerprint density at radius 2 is 1.68 bits per heavy atom. The molecule has 0 bridgehead atoms. The Labute approximate surface area is 117 Å². The van der Waals surface area contributed by atoms with Gasteiger partial charge in [-0.1, -0.05) is 0 Å². The molecular formula is C14H29N3O2. The van der Waals surface area contributed by atoms with Crippen LogP contribution in [0.5, 0.6) is 0 Å². The van der Waals surface area contributed by atoms with Crippen molar-refractivity contribution in [1.29, 1.82) is 0 Å². The Morgan fingerprint density at radius 3 is 2.05 bits per heavy atom. The fraction of sp³-hybridized carbons (Fsp3) is 0.929. The molecule has 0 spiro atoms. The standard InChI is InChI=1S/C14H29N3O2/c1-13(2,3)17-10-8-16(9-11-17)7-6-14(4,15-5)12(18)19/h15H,6-11H2,1-5H3,(H,18,19). The number of piperazine rings is 1. The largest absolute Gasteiger partial charge is 0.480 e. The summed E-state index contributed by atoms with van der Waals surface area (Å²) in [6.07, 6.45) is 0.633. The van der Waals surface area contributed by atoms with E-state index in [9.17, 15) is 9.90 Å². The minimum Gasteiger partial charge on any atom is -0.480 e. The van der Waals surface area contributed by atoms with E-state index in [2.05, 4.69) is 35.9 Å². The van der Waals surface area contributed by atoms with Crippen LogP contribution in [0.25, 0.3) is 0 Å². The van der Waals surface area contributed by atoms with Gasteiger partial charge in [0.05, 0.1) is 0 Å². The maximum absolute atomic E-state index is 11.2. The highest BCUT2D eigenvalue weighted by Gasteiger charge is 2.32. The van der Waals surface area contributed by atoms with Gasteiger partial charge in [-0.2, -0.15) is 0 Å². The lowest BCUT2D eigenvalue weighted by Crippen LogP contribution is -2.55. The Kier molecular flexibility index (Phi) is 5.35. The average Bonchev–Trinajstić information content (AvgIpc) is 2.35.